The molecule has 0 spiro atoms. The molecular weight excluding hydrogens is 506 g/mol. The lowest BCUT2D eigenvalue weighted by molar-refractivity contribution is -0.114. The second-order valence-corrected chi connectivity index (χ2v) is 9.90. The average molecular weight is 536 g/mol. The highest BCUT2D eigenvalue weighted by molar-refractivity contribution is 8.00. The largest absolute Gasteiger partial charge is 0.325 e. The second-order valence-electron chi connectivity index (χ2n) is 8.85. The van der Waals surface area contributed by atoms with E-state index in [-0.39, 0.29) is 23.3 Å². The number of nitrogens with one attached hydrogen (secondary N) is 3. The highest BCUT2D eigenvalue weighted by atomic mass is 32.2. The number of amides is 3. The van der Waals surface area contributed by atoms with Crippen LogP contribution in [0, 0.1) is 13.8 Å². The SMILES string of the molecule is Cc1cccc(NC(=O)CSc2ccc(NC(=O)/C(=C/c3ccccc3)NC(=O)c3ccccc3)cc2)c1C. The van der Waals surface area contributed by atoms with E-state index in [4.69, 9.17) is 0 Å². The summed E-state index contributed by atoms with van der Waals surface area (Å²) in [5.41, 5.74) is 4.91. The summed E-state index contributed by atoms with van der Waals surface area (Å²) in [6.45, 7) is 4.00. The summed E-state index contributed by atoms with van der Waals surface area (Å²) < 4.78 is 0. The lowest BCUT2D eigenvalue weighted by Crippen LogP contribution is -2.30. The molecule has 3 N–H and O–H groups in total. The molecule has 0 aliphatic heterocycles. The van der Waals surface area contributed by atoms with Gasteiger partial charge in [-0.25, -0.2) is 0 Å². The van der Waals surface area contributed by atoms with Crippen LogP contribution in [0.4, 0.5) is 11.4 Å². The van der Waals surface area contributed by atoms with Crippen LogP contribution in [-0.2, 0) is 9.59 Å². The molecule has 6 nitrogen and oxygen atoms in total. The molecule has 4 aromatic carbocycles. The molecule has 3 amide bonds. The standard InChI is InChI=1S/C32H29N3O3S/c1-22-10-9-15-28(23(22)2)34-30(36)21-39-27-18-16-26(17-19-27)33-32(38)29(20-24-11-5-3-6-12-24)35-31(37)25-13-7-4-8-14-25/h3-20H,21H2,1-2H3,(H,33,38)(H,34,36)(H,35,37)/b29-20-. The van der Waals surface area contributed by atoms with Crippen molar-refractivity contribution in [3.8, 4) is 0 Å². The van der Waals surface area contributed by atoms with Crippen molar-refractivity contribution in [1.82, 2.24) is 5.32 Å². The minimum atomic E-state index is -0.448. The molecule has 7 heteroatoms. The third kappa shape index (κ3) is 7.93. The molecule has 0 aromatic heterocycles. The van der Waals surface area contributed by atoms with E-state index in [9.17, 15) is 14.4 Å². The summed E-state index contributed by atoms with van der Waals surface area (Å²) in [5.74, 6) is -0.652. The molecule has 0 aliphatic rings. The maximum atomic E-state index is 13.2. The zero-order valence-electron chi connectivity index (χ0n) is 21.7. The first-order valence-electron chi connectivity index (χ1n) is 12.4. The summed E-state index contributed by atoms with van der Waals surface area (Å²) in [6.07, 6.45) is 1.63. The van der Waals surface area contributed by atoms with Crippen LogP contribution in [0.2, 0.25) is 0 Å². The van der Waals surface area contributed by atoms with Gasteiger partial charge in [-0.3, -0.25) is 14.4 Å². The van der Waals surface area contributed by atoms with Gasteiger partial charge in [0, 0.05) is 21.8 Å². The first kappa shape index (κ1) is 27.4. The van der Waals surface area contributed by atoms with Crippen LogP contribution in [-0.4, -0.2) is 23.5 Å². The van der Waals surface area contributed by atoms with E-state index in [1.165, 1.54) is 11.8 Å². The molecule has 0 radical (unpaired) electrons. The Labute approximate surface area is 232 Å². The summed E-state index contributed by atoms with van der Waals surface area (Å²) in [7, 11) is 0. The first-order valence-corrected chi connectivity index (χ1v) is 13.4. The Morgan fingerprint density at radius 1 is 0.744 bits per heavy atom. The van der Waals surface area contributed by atoms with Crippen LogP contribution in [0.3, 0.4) is 0 Å². The number of hydrogen-bond donors (Lipinski definition) is 3. The van der Waals surface area contributed by atoms with Gasteiger partial charge in [0.05, 0.1) is 5.75 Å². The molecule has 0 unspecified atom stereocenters. The van der Waals surface area contributed by atoms with Gasteiger partial charge in [0.25, 0.3) is 11.8 Å². The van der Waals surface area contributed by atoms with Crippen molar-refractivity contribution < 1.29 is 14.4 Å². The Morgan fingerprint density at radius 2 is 1.41 bits per heavy atom. The topological polar surface area (TPSA) is 87.3 Å². The fourth-order valence-corrected chi connectivity index (χ4v) is 4.41. The smallest absolute Gasteiger partial charge is 0.272 e. The van der Waals surface area contributed by atoms with Crippen molar-refractivity contribution >= 4 is 46.9 Å². The third-order valence-corrected chi connectivity index (χ3v) is 7.01. The average Bonchev–Trinajstić information content (AvgIpc) is 2.96. The van der Waals surface area contributed by atoms with Crippen molar-refractivity contribution in [2.45, 2.75) is 18.7 Å². The number of rotatable bonds is 9. The van der Waals surface area contributed by atoms with Gasteiger partial charge >= 0.3 is 0 Å². The lowest BCUT2D eigenvalue weighted by atomic mass is 10.1. The molecule has 196 valence electrons. The third-order valence-electron chi connectivity index (χ3n) is 6.00. The van der Waals surface area contributed by atoms with Gasteiger partial charge in [-0.05, 0) is 79.1 Å². The summed E-state index contributed by atoms with van der Waals surface area (Å²) >= 11 is 1.41. The Kier molecular flexibility index (Phi) is 9.32. The lowest BCUT2D eigenvalue weighted by Gasteiger charge is -2.12. The fraction of sp³-hybridized carbons (Fsp3) is 0.0938. The molecule has 0 saturated heterocycles. The van der Waals surface area contributed by atoms with Crippen molar-refractivity contribution in [1.29, 1.82) is 0 Å². The van der Waals surface area contributed by atoms with E-state index in [0.717, 1.165) is 27.3 Å². The molecule has 0 fully saturated rings. The number of carbonyl (C=O) groups excluding carboxylic acids is 3. The molecule has 0 saturated carbocycles. The number of aryl methyl sites for hydroxylation is 1. The van der Waals surface area contributed by atoms with Gasteiger partial charge in [-0.2, -0.15) is 0 Å². The van der Waals surface area contributed by atoms with Crippen molar-refractivity contribution in [3.63, 3.8) is 0 Å². The zero-order valence-corrected chi connectivity index (χ0v) is 22.5. The van der Waals surface area contributed by atoms with Gasteiger partial charge in [-0.15, -0.1) is 11.8 Å². The summed E-state index contributed by atoms with van der Waals surface area (Å²) in [4.78, 5) is 39.3. The van der Waals surface area contributed by atoms with E-state index in [0.29, 0.717) is 11.3 Å². The van der Waals surface area contributed by atoms with Gasteiger partial charge in [0.2, 0.25) is 5.91 Å². The molecule has 0 bridgehead atoms. The molecule has 0 aliphatic carbocycles. The van der Waals surface area contributed by atoms with Gasteiger partial charge in [0.15, 0.2) is 0 Å². The van der Waals surface area contributed by atoms with E-state index in [2.05, 4.69) is 16.0 Å². The Morgan fingerprint density at radius 3 is 2.10 bits per heavy atom. The van der Waals surface area contributed by atoms with Gasteiger partial charge in [0.1, 0.15) is 5.70 Å². The Balaban J connectivity index is 1.39. The predicted molar refractivity (Wildman–Crippen MR) is 159 cm³/mol. The summed E-state index contributed by atoms with van der Waals surface area (Å²) in [5, 5.41) is 8.54. The quantitative estimate of drug-likeness (QED) is 0.170. The van der Waals surface area contributed by atoms with Crippen molar-refractivity contribution in [2.24, 2.45) is 0 Å². The maximum Gasteiger partial charge on any atom is 0.272 e. The Bertz CT molecular complexity index is 1480. The van der Waals surface area contributed by atoms with Crippen LogP contribution >= 0.6 is 11.8 Å². The van der Waals surface area contributed by atoms with Crippen LogP contribution in [0.5, 0.6) is 0 Å². The first-order chi connectivity index (χ1) is 18.9. The highest BCUT2D eigenvalue weighted by Crippen LogP contribution is 2.22. The monoisotopic (exact) mass is 535 g/mol. The highest BCUT2D eigenvalue weighted by Gasteiger charge is 2.15. The van der Waals surface area contributed by atoms with Crippen LogP contribution in [0.1, 0.15) is 27.0 Å². The maximum absolute atomic E-state index is 13.2. The number of benzene rings is 4. The zero-order chi connectivity index (χ0) is 27.6. The minimum Gasteiger partial charge on any atom is -0.325 e. The number of hydrogen-bond acceptors (Lipinski definition) is 4. The summed E-state index contributed by atoms with van der Waals surface area (Å²) in [6, 6.07) is 31.1. The van der Waals surface area contributed by atoms with E-state index < -0.39 is 5.91 Å². The van der Waals surface area contributed by atoms with E-state index >= 15 is 0 Å². The van der Waals surface area contributed by atoms with Gasteiger partial charge < -0.3 is 16.0 Å². The molecule has 0 atom stereocenters. The number of carbonyl (C=O) groups is 3. The van der Waals surface area contributed by atoms with Crippen molar-refractivity contribution in [2.75, 3.05) is 16.4 Å². The van der Waals surface area contributed by atoms with Crippen LogP contribution < -0.4 is 16.0 Å². The molecular formula is C32H29N3O3S. The van der Waals surface area contributed by atoms with Crippen LogP contribution in [0.25, 0.3) is 6.08 Å². The second kappa shape index (κ2) is 13.3. The molecule has 39 heavy (non-hydrogen) atoms. The fourth-order valence-electron chi connectivity index (χ4n) is 3.71. The minimum absolute atomic E-state index is 0.0871. The van der Waals surface area contributed by atoms with Gasteiger partial charge in [-0.1, -0.05) is 60.7 Å². The number of thioether (sulfide) groups is 1. The molecule has 4 rings (SSSR count). The Hall–Kier alpha value is -4.62. The van der Waals surface area contributed by atoms with E-state index in [1.54, 1.807) is 42.5 Å². The molecule has 0 heterocycles. The van der Waals surface area contributed by atoms with E-state index in [1.807, 2.05) is 80.6 Å². The number of anilines is 2. The van der Waals surface area contributed by atoms with Crippen LogP contribution in [0.15, 0.2) is 114 Å². The van der Waals surface area contributed by atoms with Crippen molar-refractivity contribution in [3.05, 3.63) is 131 Å². The molecule has 4 aromatic rings. The predicted octanol–water partition coefficient (Wildman–Crippen LogP) is 6.44. The normalized spacial score (nSPS) is 11.0.